The number of carbonyl (C=O) groups is 3. The fourth-order valence-electron chi connectivity index (χ4n) is 7.50. The number of rotatable bonds is 49. The molecule has 0 aromatic heterocycles. The molecule has 1 unspecified atom stereocenters. The summed E-state index contributed by atoms with van der Waals surface area (Å²) in [6.07, 6.45) is 69.9. The fourth-order valence-corrected chi connectivity index (χ4v) is 7.50. The molecule has 0 aliphatic carbocycles. The van der Waals surface area contributed by atoms with Crippen LogP contribution in [0.4, 0.5) is 0 Å². The van der Waals surface area contributed by atoms with Gasteiger partial charge in [0.05, 0.1) is 0 Å². The third-order valence-electron chi connectivity index (χ3n) is 11.7. The Balaban J connectivity index is 4.40. The minimum atomic E-state index is -0.793. The van der Waals surface area contributed by atoms with Gasteiger partial charge in [-0.05, 0) is 96.3 Å². The summed E-state index contributed by atoms with van der Waals surface area (Å²) in [5, 5.41) is 0. The lowest BCUT2D eigenvalue weighted by molar-refractivity contribution is -0.167. The molecule has 0 saturated carbocycles. The summed E-state index contributed by atoms with van der Waals surface area (Å²) >= 11 is 0. The van der Waals surface area contributed by atoms with Crippen molar-refractivity contribution in [2.75, 3.05) is 13.2 Å². The Morgan fingerprint density at radius 2 is 0.667 bits per heavy atom. The van der Waals surface area contributed by atoms with Gasteiger partial charge >= 0.3 is 17.9 Å². The standard InChI is InChI=1S/C60H102O6/c1-4-7-10-13-16-19-22-24-26-28-30-32-33-35-38-41-44-47-50-53-59(62)65-56-57(55-64-58(61)52-49-46-43-40-37-21-18-15-12-9-6-3)66-60(63)54-51-48-45-42-39-36-34-31-29-27-25-23-20-17-14-11-8-5-2/h7,10,15-16,18-19,23-27,29,31,34,57H,4-6,8-9,11-14,17,20-22,28,30,32-33,35-56H2,1-3H3/b10-7-,18-15-,19-16-,25-23-,26-24-,29-27-,34-31-. The number of esters is 3. The van der Waals surface area contributed by atoms with Crippen molar-refractivity contribution < 1.29 is 28.6 Å². The van der Waals surface area contributed by atoms with Crippen LogP contribution >= 0.6 is 0 Å². The van der Waals surface area contributed by atoms with Crippen LogP contribution in [0.2, 0.25) is 0 Å². The molecule has 0 radical (unpaired) electrons. The summed E-state index contributed by atoms with van der Waals surface area (Å²) in [5.41, 5.74) is 0. The number of carbonyl (C=O) groups excluding carboxylic acids is 3. The van der Waals surface area contributed by atoms with E-state index < -0.39 is 6.10 Å². The van der Waals surface area contributed by atoms with Gasteiger partial charge in [0.15, 0.2) is 6.10 Å². The highest BCUT2D eigenvalue weighted by molar-refractivity contribution is 5.71. The highest BCUT2D eigenvalue weighted by atomic mass is 16.6. The van der Waals surface area contributed by atoms with Crippen molar-refractivity contribution in [3.05, 3.63) is 85.1 Å². The van der Waals surface area contributed by atoms with Crippen molar-refractivity contribution in [2.45, 2.75) is 264 Å². The zero-order chi connectivity index (χ0) is 47.9. The first kappa shape index (κ1) is 62.6. The fraction of sp³-hybridized carbons (Fsp3) is 0.717. The summed E-state index contributed by atoms with van der Waals surface area (Å²) in [4.78, 5) is 38.1. The molecule has 66 heavy (non-hydrogen) atoms. The van der Waals surface area contributed by atoms with Gasteiger partial charge in [0.2, 0.25) is 0 Å². The Kier molecular flexibility index (Phi) is 51.4. The van der Waals surface area contributed by atoms with Crippen LogP contribution in [-0.4, -0.2) is 37.2 Å². The Hall–Kier alpha value is -3.41. The van der Waals surface area contributed by atoms with Crippen LogP contribution in [0.3, 0.4) is 0 Å². The van der Waals surface area contributed by atoms with Gasteiger partial charge in [-0.3, -0.25) is 14.4 Å². The Morgan fingerprint density at radius 1 is 0.333 bits per heavy atom. The lowest BCUT2D eigenvalue weighted by Gasteiger charge is -2.18. The van der Waals surface area contributed by atoms with Gasteiger partial charge in [-0.15, -0.1) is 0 Å². The Labute approximate surface area is 407 Å². The minimum Gasteiger partial charge on any atom is -0.462 e. The van der Waals surface area contributed by atoms with Crippen LogP contribution in [0, 0.1) is 0 Å². The first-order valence-corrected chi connectivity index (χ1v) is 27.6. The van der Waals surface area contributed by atoms with E-state index >= 15 is 0 Å². The molecule has 1 atom stereocenters. The molecule has 6 nitrogen and oxygen atoms in total. The molecular weight excluding hydrogens is 817 g/mol. The molecule has 0 spiro atoms. The average molecular weight is 919 g/mol. The molecule has 0 aliphatic rings. The van der Waals surface area contributed by atoms with Crippen LogP contribution in [0.1, 0.15) is 258 Å². The molecule has 0 saturated heterocycles. The number of allylic oxidation sites excluding steroid dienone is 14. The van der Waals surface area contributed by atoms with Crippen LogP contribution < -0.4 is 0 Å². The highest BCUT2D eigenvalue weighted by Crippen LogP contribution is 2.14. The monoisotopic (exact) mass is 919 g/mol. The Bertz CT molecular complexity index is 1290. The van der Waals surface area contributed by atoms with Gasteiger partial charge in [0.1, 0.15) is 13.2 Å². The van der Waals surface area contributed by atoms with Crippen molar-refractivity contribution >= 4 is 17.9 Å². The molecule has 0 bridgehead atoms. The smallest absolute Gasteiger partial charge is 0.306 e. The average Bonchev–Trinajstić information content (AvgIpc) is 3.31. The van der Waals surface area contributed by atoms with Crippen molar-refractivity contribution in [3.63, 3.8) is 0 Å². The molecule has 0 fully saturated rings. The SMILES string of the molecule is CC/C=C\C/C=C\C/C=C\CCCCCCCCCCCC(=O)OCC(COC(=O)CCCCCCC/C=C\CCCC)OC(=O)CCCCCCC\C=C/C=C\C=C/CCCCCCC. The number of ether oxygens (including phenoxy) is 3. The molecule has 0 aromatic rings. The third kappa shape index (κ3) is 51.6. The van der Waals surface area contributed by atoms with Gasteiger partial charge in [0, 0.05) is 19.3 Å². The van der Waals surface area contributed by atoms with Gasteiger partial charge in [-0.2, -0.15) is 0 Å². The van der Waals surface area contributed by atoms with E-state index in [9.17, 15) is 14.4 Å². The molecule has 0 N–H and O–H groups in total. The van der Waals surface area contributed by atoms with Crippen LogP contribution in [0.5, 0.6) is 0 Å². The summed E-state index contributed by atoms with van der Waals surface area (Å²) < 4.78 is 16.8. The third-order valence-corrected chi connectivity index (χ3v) is 11.7. The van der Waals surface area contributed by atoms with E-state index in [1.54, 1.807) is 0 Å². The lowest BCUT2D eigenvalue weighted by Crippen LogP contribution is -2.30. The largest absolute Gasteiger partial charge is 0.462 e. The highest BCUT2D eigenvalue weighted by Gasteiger charge is 2.19. The maximum atomic E-state index is 12.8. The van der Waals surface area contributed by atoms with Crippen molar-refractivity contribution in [2.24, 2.45) is 0 Å². The van der Waals surface area contributed by atoms with Gasteiger partial charge in [0.25, 0.3) is 0 Å². The van der Waals surface area contributed by atoms with E-state index in [2.05, 4.69) is 106 Å². The number of hydrogen-bond acceptors (Lipinski definition) is 6. The maximum absolute atomic E-state index is 12.8. The second-order valence-corrected chi connectivity index (χ2v) is 18.2. The first-order valence-electron chi connectivity index (χ1n) is 27.6. The predicted molar refractivity (Wildman–Crippen MR) is 284 cm³/mol. The zero-order valence-corrected chi connectivity index (χ0v) is 43.2. The molecule has 0 rings (SSSR count). The van der Waals surface area contributed by atoms with E-state index in [0.717, 1.165) is 109 Å². The minimum absolute atomic E-state index is 0.0906. The van der Waals surface area contributed by atoms with Gasteiger partial charge in [-0.1, -0.05) is 228 Å². The molecule has 6 heteroatoms. The van der Waals surface area contributed by atoms with Crippen LogP contribution in [-0.2, 0) is 28.6 Å². The van der Waals surface area contributed by atoms with Crippen LogP contribution in [0.25, 0.3) is 0 Å². The van der Waals surface area contributed by atoms with E-state index in [4.69, 9.17) is 14.2 Å². The van der Waals surface area contributed by atoms with Crippen LogP contribution in [0.15, 0.2) is 85.1 Å². The van der Waals surface area contributed by atoms with Crippen molar-refractivity contribution in [1.29, 1.82) is 0 Å². The number of unbranched alkanes of at least 4 members (excludes halogenated alkanes) is 26. The molecule has 0 aliphatic heterocycles. The zero-order valence-electron chi connectivity index (χ0n) is 43.2. The van der Waals surface area contributed by atoms with E-state index in [0.29, 0.717) is 19.3 Å². The summed E-state index contributed by atoms with van der Waals surface area (Å²) in [7, 11) is 0. The normalized spacial score (nSPS) is 12.7. The summed E-state index contributed by atoms with van der Waals surface area (Å²) in [6, 6.07) is 0. The predicted octanol–water partition coefficient (Wildman–Crippen LogP) is 18.4. The first-order chi connectivity index (χ1) is 32.5. The van der Waals surface area contributed by atoms with E-state index in [1.165, 1.54) is 109 Å². The Morgan fingerprint density at radius 3 is 1.11 bits per heavy atom. The topological polar surface area (TPSA) is 78.9 Å². The van der Waals surface area contributed by atoms with E-state index in [-0.39, 0.29) is 31.1 Å². The second-order valence-electron chi connectivity index (χ2n) is 18.2. The van der Waals surface area contributed by atoms with Crippen molar-refractivity contribution in [3.8, 4) is 0 Å². The summed E-state index contributed by atoms with van der Waals surface area (Å²) in [5.74, 6) is -0.923. The maximum Gasteiger partial charge on any atom is 0.306 e. The van der Waals surface area contributed by atoms with Crippen molar-refractivity contribution in [1.82, 2.24) is 0 Å². The van der Waals surface area contributed by atoms with Gasteiger partial charge in [-0.25, -0.2) is 0 Å². The molecule has 378 valence electrons. The molecular formula is C60H102O6. The second kappa shape index (κ2) is 54.2. The number of hydrogen-bond donors (Lipinski definition) is 0. The molecule has 0 amide bonds. The van der Waals surface area contributed by atoms with E-state index in [1.807, 2.05) is 0 Å². The summed E-state index contributed by atoms with van der Waals surface area (Å²) in [6.45, 7) is 6.45. The quantitative estimate of drug-likeness (QED) is 0.0199. The lowest BCUT2D eigenvalue weighted by atomic mass is 10.1. The van der Waals surface area contributed by atoms with Gasteiger partial charge < -0.3 is 14.2 Å². The molecule has 0 aromatic carbocycles. The molecule has 0 heterocycles.